The molecule has 1 amide bonds. The van der Waals surface area contributed by atoms with Gasteiger partial charge in [0, 0.05) is 32.6 Å². The van der Waals surface area contributed by atoms with Crippen LogP contribution in [0.5, 0.6) is 0 Å². The summed E-state index contributed by atoms with van der Waals surface area (Å²) in [6, 6.07) is 0. The fraction of sp³-hybridized carbons (Fsp3) is 0.812. The van der Waals surface area contributed by atoms with Gasteiger partial charge >= 0.3 is 12.1 Å². The number of nitrogens with one attached hydrogen (secondary N) is 3. The lowest BCUT2D eigenvalue weighted by Crippen LogP contribution is -2.42. The van der Waals surface area contributed by atoms with Gasteiger partial charge < -0.3 is 25.4 Å². The number of hydrogen-bond donors (Lipinski definition) is 3. The van der Waals surface area contributed by atoms with Gasteiger partial charge in [0.1, 0.15) is 5.60 Å². The topological polar surface area (TPSA) is 101 Å². The van der Waals surface area contributed by atoms with E-state index in [0.29, 0.717) is 45.0 Å². The van der Waals surface area contributed by atoms with E-state index in [1.165, 1.54) is 0 Å². The molecule has 0 atom stereocenters. The normalized spacial score (nSPS) is 11.2. The largest absolute Gasteiger partial charge is 0.466 e. The molecule has 0 heterocycles. The monoisotopic (exact) mass is 472 g/mol. The van der Waals surface area contributed by atoms with Gasteiger partial charge in [-0.05, 0) is 41.0 Å². The summed E-state index contributed by atoms with van der Waals surface area (Å²) in [5.74, 6) is 0.444. The molecule has 3 N–H and O–H groups in total. The first-order valence-corrected chi connectivity index (χ1v) is 8.43. The maximum Gasteiger partial charge on any atom is 0.407 e. The molecule has 0 aromatic heterocycles. The minimum Gasteiger partial charge on any atom is -0.466 e. The molecule has 0 aromatic rings. The molecule has 0 rings (SSSR count). The van der Waals surface area contributed by atoms with E-state index >= 15 is 0 Å². The molecule has 0 aromatic carbocycles. The van der Waals surface area contributed by atoms with E-state index in [1.807, 2.05) is 27.7 Å². The average molecular weight is 472 g/mol. The van der Waals surface area contributed by atoms with Crippen LogP contribution >= 0.6 is 24.0 Å². The van der Waals surface area contributed by atoms with E-state index in [4.69, 9.17) is 9.47 Å². The van der Waals surface area contributed by atoms with E-state index in [0.717, 1.165) is 6.54 Å². The second kappa shape index (κ2) is 15.0. The number of guanidine groups is 1. The fourth-order valence-electron chi connectivity index (χ4n) is 1.65. The molecular formula is C16H33IN4O4. The third kappa shape index (κ3) is 17.4. The van der Waals surface area contributed by atoms with Crippen molar-refractivity contribution in [2.45, 2.75) is 53.1 Å². The van der Waals surface area contributed by atoms with Gasteiger partial charge in [-0.2, -0.15) is 0 Å². The smallest absolute Gasteiger partial charge is 0.407 e. The molecular weight excluding hydrogens is 439 g/mol. The Morgan fingerprint density at radius 2 is 1.68 bits per heavy atom. The van der Waals surface area contributed by atoms with Crippen LogP contribution in [0.1, 0.15) is 47.5 Å². The summed E-state index contributed by atoms with van der Waals surface area (Å²) in [5.41, 5.74) is -0.507. The molecule has 9 heteroatoms. The molecule has 0 bridgehead atoms. The lowest BCUT2D eigenvalue weighted by molar-refractivity contribution is -0.143. The minimum atomic E-state index is -0.507. The van der Waals surface area contributed by atoms with Crippen LogP contribution in [0.25, 0.3) is 0 Å². The highest BCUT2D eigenvalue weighted by atomic mass is 127. The maximum absolute atomic E-state index is 11.5. The fourth-order valence-corrected chi connectivity index (χ4v) is 1.65. The van der Waals surface area contributed by atoms with Crippen LogP contribution < -0.4 is 16.0 Å². The highest BCUT2D eigenvalue weighted by molar-refractivity contribution is 14.0. The Kier molecular flexibility index (Phi) is 15.6. The van der Waals surface area contributed by atoms with Gasteiger partial charge in [0.25, 0.3) is 0 Å². The Hall–Kier alpha value is -1.26. The van der Waals surface area contributed by atoms with Gasteiger partial charge in [-0.3, -0.25) is 9.79 Å². The number of alkyl carbamates (subject to hydrolysis) is 1. The van der Waals surface area contributed by atoms with Crippen molar-refractivity contribution in [3.05, 3.63) is 0 Å². The molecule has 0 aliphatic carbocycles. The first-order valence-electron chi connectivity index (χ1n) is 8.43. The van der Waals surface area contributed by atoms with Gasteiger partial charge in [0.05, 0.1) is 6.61 Å². The second-order valence-electron chi connectivity index (χ2n) is 6.02. The summed E-state index contributed by atoms with van der Waals surface area (Å²) in [7, 11) is 0. The molecule has 8 nitrogen and oxygen atoms in total. The number of hydrogen-bond acceptors (Lipinski definition) is 5. The van der Waals surface area contributed by atoms with Crippen LogP contribution in [0.15, 0.2) is 4.99 Å². The van der Waals surface area contributed by atoms with Gasteiger partial charge in [-0.25, -0.2) is 4.79 Å². The SMILES string of the molecule is CCNC(=NCCCC(=O)OCC)NCCNC(=O)OC(C)(C)C.I. The molecule has 0 spiro atoms. The summed E-state index contributed by atoms with van der Waals surface area (Å²) >= 11 is 0. The van der Waals surface area contributed by atoms with Crippen LogP contribution in [0, 0.1) is 0 Å². The molecule has 0 saturated heterocycles. The molecule has 0 fully saturated rings. The Morgan fingerprint density at radius 3 is 2.24 bits per heavy atom. The number of halogens is 1. The Balaban J connectivity index is 0. The lowest BCUT2D eigenvalue weighted by Gasteiger charge is -2.19. The summed E-state index contributed by atoms with van der Waals surface area (Å²) in [5, 5.41) is 8.87. The number of aliphatic imine (C=N–C) groups is 1. The van der Waals surface area contributed by atoms with Crippen molar-refractivity contribution in [3.8, 4) is 0 Å². The van der Waals surface area contributed by atoms with Crippen molar-refractivity contribution in [1.82, 2.24) is 16.0 Å². The van der Waals surface area contributed by atoms with Crippen molar-refractivity contribution in [1.29, 1.82) is 0 Å². The number of nitrogens with zero attached hydrogens (tertiary/aromatic N) is 1. The quantitative estimate of drug-likeness (QED) is 0.156. The van der Waals surface area contributed by atoms with Crippen LogP contribution in [-0.4, -0.2) is 56.4 Å². The van der Waals surface area contributed by atoms with Gasteiger partial charge in [0.2, 0.25) is 0 Å². The molecule has 25 heavy (non-hydrogen) atoms. The van der Waals surface area contributed by atoms with Crippen LogP contribution in [0.3, 0.4) is 0 Å². The minimum absolute atomic E-state index is 0. The zero-order chi connectivity index (χ0) is 18.4. The average Bonchev–Trinajstić information content (AvgIpc) is 2.46. The highest BCUT2D eigenvalue weighted by Gasteiger charge is 2.15. The Morgan fingerprint density at radius 1 is 1.04 bits per heavy atom. The molecule has 0 saturated carbocycles. The molecule has 0 radical (unpaired) electrons. The zero-order valence-electron chi connectivity index (χ0n) is 15.9. The van der Waals surface area contributed by atoms with Gasteiger partial charge in [0.15, 0.2) is 5.96 Å². The van der Waals surface area contributed by atoms with Crippen molar-refractivity contribution in [3.63, 3.8) is 0 Å². The van der Waals surface area contributed by atoms with Crippen molar-refractivity contribution < 1.29 is 19.1 Å². The number of ether oxygens (including phenoxy) is 2. The molecule has 148 valence electrons. The number of carbonyl (C=O) groups is 2. The van der Waals surface area contributed by atoms with Crippen molar-refractivity contribution >= 4 is 42.0 Å². The van der Waals surface area contributed by atoms with Crippen LogP contribution in [0.2, 0.25) is 0 Å². The first-order chi connectivity index (χ1) is 11.3. The Labute approximate surface area is 167 Å². The predicted octanol–water partition coefficient (Wildman–Crippen LogP) is 2.03. The maximum atomic E-state index is 11.5. The summed E-state index contributed by atoms with van der Waals surface area (Å²) in [4.78, 5) is 27.1. The number of esters is 1. The zero-order valence-corrected chi connectivity index (χ0v) is 18.3. The number of amides is 1. The van der Waals surface area contributed by atoms with Crippen LogP contribution in [-0.2, 0) is 14.3 Å². The third-order valence-corrected chi connectivity index (χ3v) is 2.54. The van der Waals surface area contributed by atoms with Crippen molar-refractivity contribution in [2.75, 3.05) is 32.8 Å². The van der Waals surface area contributed by atoms with Crippen molar-refractivity contribution in [2.24, 2.45) is 4.99 Å². The van der Waals surface area contributed by atoms with Gasteiger partial charge in [-0.15, -0.1) is 24.0 Å². The predicted molar refractivity (Wildman–Crippen MR) is 110 cm³/mol. The molecule has 0 aliphatic rings. The number of carbonyl (C=O) groups excluding carboxylic acids is 2. The summed E-state index contributed by atoms with van der Waals surface area (Å²) in [6.07, 6.45) is 0.545. The summed E-state index contributed by atoms with van der Waals surface area (Å²) in [6.45, 7) is 11.8. The third-order valence-electron chi connectivity index (χ3n) is 2.54. The standard InChI is InChI=1S/C16H32N4O4.HI/c1-6-17-14(18-10-8-9-13(21)23-7-2)19-11-12-20-15(22)24-16(3,4)5;/h6-12H2,1-5H3,(H,20,22)(H2,17,18,19);1H. The lowest BCUT2D eigenvalue weighted by atomic mass is 10.2. The van der Waals surface area contributed by atoms with E-state index in [-0.39, 0.29) is 29.9 Å². The van der Waals surface area contributed by atoms with Gasteiger partial charge in [-0.1, -0.05) is 0 Å². The Bertz CT molecular complexity index is 411. The second-order valence-corrected chi connectivity index (χ2v) is 6.02. The van der Waals surface area contributed by atoms with E-state index in [9.17, 15) is 9.59 Å². The molecule has 0 unspecified atom stereocenters. The highest BCUT2D eigenvalue weighted by Crippen LogP contribution is 2.05. The van der Waals surface area contributed by atoms with E-state index in [2.05, 4.69) is 20.9 Å². The van der Waals surface area contributed by atoms with E-state index < -0.39 is 11.7 Å². The first kappa shape index (κ1) is 26.0. The summed E-state index contributed by atoms with van der Waals surface area (Å²) < 4.78 is 10.0. The van der Waals surface area contributed by atoms with E-state index in [1.54, 1.807) is 6.92 Å². The molecule has 0 aliphatic heterocycles. The van der Waals surface area contributed by atoms with Crippen LogP contribution in [0.4, 0.5) is 4.79 Å². The number of rotatable bonds is 9.